The van der Waals surface area contributed by atoms with Gasteiger partial charge in [0.1, 0.15) is 22.3 Å². The quantitative estimate of drug-likeness (QED) is 0.173. The van der Waals surface area contributed by atoms with Crippen LogP contribution in [-0.4, -0.2) is 0 Å². The van der Waals surface area contributed by atoms with Gasteiger partial charge < -0.3 is 13.7 Å². The number of hydrogen-bond acceptors (Lipinski definition) is 3. The lowest BCUT2D eigenvalue weighted by molar-refractivity contribution is 0.670. The van der Waals surface area contributed by atoms with Crippen molar-refractivity contribution >= 4 is 71.7 Å². The standard InChI is InChI=1S/C52H33NO2/c1-3-13-34(14-4-1)40-20-12-23-46-48-33-47(42-17-7-8-19-44(42)52(48)55-51(40)46)36-27-31-39(32-28-36)53(37-15-5-2-6-16-37)38-29-25-35(26-30-38)41-21-11-22-45-43-18-9-10-24-49(43)54-50(41)45/h1-33H. The maximum absolute atomic E-state index is 6.75. The highest BCUT2D eigenvalue weighted by atomic mass is 16.3. The molecule has 0 fully saturated rings. The van der Waals surface area contributed by atoms with E-state index in [-0.39, 0.29) is 0 Å². The lowest BCUT2D eigenvalue weighted by Crippen LogP contribution is -2.09. The maximum atomic E-state index is 6.75. The Kier molecular flexibility index (Phi) is 7.17. The predicted molar refractivity (Wildman–Crippen MR) is 229 cm³/mol. The molecule has 11 rings (SSSR count). The number of para-hydroxylation sites is 4. The van der Waals surface area contributed by atoms with Gasteiger partial charge in [-0.15, -0.1) is 0 Å². The van der Waals surface area contributed by atoms with E-state index in [2.05, 4.69) is 187 Å². The van der Waals surface area contributed by atoms with Gasteiger partial charge in [0.15, 0.2) is 0 Å². The Bertz CT molecular complexity index is 3180. The van der Waals surface area contributed by atoms with E-state index in [0.29, 0.717) is 0 Å². The number of fused-ring (bicyclic) bond motifs is 8. The summed E-state index contributed by atoms with van der Waals surface area (Å²) in [6.45, 7) is 0. The fourth-order valence-electron chi connectivity index (χ4n) is 8.28. The van der Waals surface area contributed by atoms with Crippen LogP contribution in [0.4, 0.5) is 17.1 Å². The van der Waals surface area contributed by atoms with Crippen LogP contribution in [0.25, 0.3) is 88.0 Å². The third-order valence-electron chi connectivity index (χ3n) is 10.9. The van der Waals surface area contributed by atoms with Crippen LogP contribution < -0.4 is 4.90 Å². The lowest BCUT2D eigenvalue weighted by Gasteiger charge is -2.26. The van der Waals surface area contributed by atoms with E-state index in [0.717, 1.165) is 99.5 Å². The molecule has 0 saturated carbocycles. The van der Waals surface area contributed by atoms with Crippen LogP contribution in [0.2, 0.25) is 0 Å². The maximum Gasteiger partial charge on any atom is 0.143 e. The molecule has 2 heterocycles. The average Bonchev–Trinajstić information content (AvgIpc) is 3.84. The number of hydrogen-bond donors (Lipinski definition) is 0. The van der Waals surface area contributed by atoms with Crippen LogP contribution in [0, 0.1) is 0 Å². The summed E-state index contributed by atoms with van der Waals surface area (Å²) in [4.78, 5) is 2.31. The zero-order valence-electron chi connectivity index (χ0n) is 29.8. The summed E-state index contributed by atoms with van der Waals surface area (Å²) >= 11 is 0. The minimum atomic E-state index is 0.906. The molecule has 0 aliphatic carbocycles. The van der Waals surface area contributed by atoms with E-state index >= 15 is 0 Å². The van der Waals surface area contributed by atoms with Gasteiger partial charge in [-0.25, -0.2) is 0 Å². The molecular formula is C52H33NO2. The molecule has 0 N–H and O–H groups in total. The van der Waals surface area contributed by atoms with Crippen LogP contribution in [-0.2, 0) is 0 Å². The Labute approximate surface area is 317 Å². The van der Waals surface area contributed by atoms with Crippen molar-refractivity contribution in [1.82, 2.24) is 0 Å². The zero-order valence-corrected chi connectivity index (χ0v) is 29.8. The minimum absolute atomic E-state index is 0.906. The van der Waals surface area contributed by atoms with Crippen molar-refractivity contribution in [2.45, 2.75) is 0 Å². The van der Waals surface area contributed by atoms with Gasteiger partial charge in [0.25, 0.3) is 0 Å². The average molecular weight is 704 g/mol. The summed E-state index contributed by atoms with van der Waals surface area (Å²) < 4.78 is 13.1. The molecule has 55 heavy (non-hydrogen) atoms. The first kappa shape index (κ1) is 31.2. The number of benzene rings is 9. The fraction of sp³-hybridized carbons (Fsp3) is 0. The molecule has 0 unspecified atom stereocenters. The second-order valence-corrected chi connectivity index (χ2v) is 14.0. The Balaban J connectivity index is 1.00. The number of furan rings is 2. The van der Waals surface area contributed by atoms with E-state index in [1.165, 1.54) is 5.56 Å². The van der Waals surface area contributed by atoms with Gasteiger partial charge in [0, 0.05) is 55.1 Å². The summed E-state index contributed by atoms with van der Waals surface area (Å²) in [6, 6.07) is 70.8. The van der Waals surface area contributed by atoms with Crippen molar-refractivity contribution in [1.29, 1.82) is 0 Å². The molecule has 0 bridgehead atoms. The summed E-state index contributed by atoms with van der Waals surface area (Å²) in [5, 5.41) is 6.78. The minimum Gasteiger partial charge on any atom is -0.455 e. The highest BCUT2D eigenvalue weighted by Gasteiger charge is 2.19. The summed E-state index contributed by atoms with van der Waals surface area (Å²) in [7, 11) is 0. The van der Waals surface area contributed by atoms with Crippen LogP contribution in [0.3, 0.4) is 0 Å². The monoisotopic (exact) mass is 703 g/mol. The summed E-state index contributed by atoms with van der Waals surface area (Å²) in [5.41, 5.74) is 13.7. The third-order valence-corrected chi connectivity index (χ3v) is 10.9. The molecule has 0 atom stereocenters. The van der Waals surface area contributed by atoms with Crippen molar-refractivity contribution < 1.29 is 8.83 Å². The molecule has 11 aromatic rings. The second kappa shape index (κ2) is 12.6. The fourth-order valence-corrected chi connectivity index (χ4v) is 8.28. The first-order valence-electron chi connectivity index (χ1n) is 18.7. The third kappa shape index (κ3) is 5.13. The molecule has 258 valence electrons. The molecular weight excluding hydrogens is 671 g/mol. The SMILES string of the molecule is c1ccc(-c2cccc3c2oc2c4ccccc4c(-c4ccc(N(c5ccccc5)c5ccc(-c6cccc7c6oc6ccccc67)cc5)cc4)cc32)cc1. The van der Waals surface area contributed by atoms with Gasteiger partial charge in [-0.2, -0.15) is 0 Å². The van der Waals surface area contributed by atoms with Crippen LogP contribution >= 0.6 is 0 Å². The van der Waals surface area contributed by atoms with Crippen molar-refractivity contribution in [2.24, 2.45) is 0 Å². The van der Waals surface area contributed by atoms with Crippen LogP contribution in [0.5, 0.6) is 0 Å². The van der Waals surface area contributed by atoms with Gasteiger partial charge in [-0.1, -0.05) is 152 Å². The Morgan fingerprint density at radius 3 is 1.40 bits per heavy atom. The lowest BCUT2D eigenvalue weighted by atomic mass is 9.94. The molecule has 0 aliphatic heterocycles. The molecule has 0 saturated heterocycles. The largest absolute Gasteiger partial charge is 0.455 e. The predicted octanol–water partition coefficient (Wildman–Crippen LogP) is 15.1. The second-order valence-electron chi connectivity index (χ2n) is 14.0. The number of rotatable bonds is 6. The highest BCUT2D eigenvalue weighted by Crippen LogP contribution is 2.44. The van der Waals surface area contributed by atoms with E-state index in [4.69, 9.17) is 8.83 Å². The molecule has 2 aromatic heterocycles. The van der Waals surface area contributed by atoms with Crippen molar-refractivity contribution in [3.8, 4) is 33.4 Å². The molecule has 9 aromatic carbocycles. The number of nitrogens with zero attached hydrogens (tertiary/aromatic N) is 1. The van der Waals surface area contributed by atoms with Gasteiger partial charge in [0.2, 0.25) is 0 Å². The summed E-state index contributed by atoms with van der Waals surface area (Å²) in [6.07, 6.45) is 0. The first-order chi connectivity index (χ1) is 27.3. The molecule has 3 nitrogen and oxygen atoms in total. The molecule has 0 aliphatic rings. The smallest absolute Gasteiger partial charge is 0.143 e. The molecule has 0 spiro atoms. The van der Waals surface area contributed by atoms with E-state index < -0.39 is 0 Å². The van der Waals surface area contributed by atoms with E-state index in [9.17, 15) is 0 Å². The van der Waals surface area contributed by atoms with Crippen molar-refractivity contribution in [3.05, 3.63) is 200 Å². The Hall–Kier alpha value is -7.36. The van der Waals surface area contributed by atoms with Gasteiger partial charge in [-0.05, 0) is 76.2 Å². The van der Waals surface area contributed by atoms with Gasteiger partial charge >= 0.3 is 0 Å². The molecule has 3 heteroatoms. The van der Waals surface area contributed by atoms with Crippen molar-refractivity contribution in [3.63, 3.8) is 0 Å². The zero-order chi connectivity index (χ0) is 36.3. The Morgan fingerprint density at radius 2 is 0.727 bits per heavy atom. The van der Waals surface area contributed by atoms with E-state index in [1.54, 1.807) is 0 Å². The topological polar surface area (TPSA) is 29.5 Å². The number of anilines is 3. The van der Waals surface area contributed by atoms with Crippen molar-refractivity contribution in [2.75, 3.05) is 4.90 Å². The Morgan fingerprint density at radius 1 is 0.273 bits per heavy atom. The molecule has 0 radical (unpaired) electrons. The molecule has 0 amide bonds. The van der Waals surface area contributed by atoms with Gasteiger partial charge in [-0.3, -0.25) is 0 Å². The van der Waals surface area contributed by atoms with Crippen LogP contribution in [0.1, 0.15) is 0 Å². The first-order valence-corrected chi connectivity index (χ1v) is 18.7. The van der Waals surface area contributed by atoms with E-state index in [1.807, 2.05) is 18.2 Å². The van der Waals surface area contributed by atoms with Crippen LogP contribution in [0.15, 0.2) is 209 Å². The van der Waals surface area contributed by atoms with Gasteiger partial charge in [0.05, 0.1) is 0 Å². The normalized spacial score (nSPS) is 11.6. The highest BCUT2D eigenvalue weighted by molar-refractivity contribution is 6.20. The summed E-state index contributed by atoms with van der Waals surface area (Å²) in [5.74, 6) is 0.